The predicted octanol–water partition coefficient (Wildman–Crippen LogP) is 12.0. The van der Waals surface area contributed by atoms with Gasteiger partial charge in [0.2, 0.25) is 0 Å². The van der Waals surface area contributed by atoms with E-state index in [1.807, 2.05) is 0 Å². The normalized spacial score (nSPS) is 11.9. The van der Waals surface area contributed by atoms with Crippen molar-refractivity contribution in [3.63, 3.8) is 0 Å². The lowest BCUT2D eigenvalue weighted by Gasteiger charge is -2.18. The molecule has 0 bridgehead atoms. The minimum absolute atomic E-state index is 0.0658. The van der Waals surface area contributed by atoms with Crippen LogP contribution in [0.4, 0.5) is 0 Å². The van der Waals surface area contributed by atoms with Gasteiger partial charge in [-0.05, 0) is 25.2 Å². The Hall–Kier alpha value is -1.59. The Balaban J connectivity index is 4.33. The molecule has 0 amide bonds. The van der Waals surface area contributed by atoms with Crippen LogP contribution in [-0.4, -0.2) is 37.2 Å². The molecule has 6 nitrogen and oxygen atoms in total. The standard InChI is InChI=1S/C40H76O6/c1-5-7-9-11-13-14-15-21-25-29-33-40(43)46-37(34-44-38(41)31-27-23-18-12-10-8-6-2)35-45-39(42)32-28-24-20-17-16-19-22-26-30-36(3)4/h36-37H,5-35H2,1-4H3/t37-/m1/s1. The molecule has 0 aromatic rings. The van der Waals surface area contributed by atoms with Gasteiger partial charge in [0.25, 0.3) is 0 Å². The zero-order valence-corrected chi connectivity index (χ0v) is 31.0. The second kappa shape index (κ2) is 34.7. The lowest BCUT2D eigenvalue weighted by Crippen LogP contribution is -2.30. The first-order chi connectivity index (χ1) is 22.4. The molecule has 0 N–H and O–H groups in total. The third kappa shape index (κ3) is 33.8. The summed E-state index contributed by atoms with van der Waals surface area (Å²) in [5.41, 5.74) is 0. The molecule has 0 aromatic carbocycles. The quantitative estimate of drug-likeness (QED) is 0.0385. The molecule has 0 fully saturated rings. The van der Waals surface area contributed by atoms with Crippen LogP contribution in [0.2, 0.25) is 0 Å². The summed E-state index contributed by atoms with van der Waals surface area (Å²) in [5.74, 6) is -0.0754. The van der Waals surface area contributed by atoms with Crippen LogP contribution in [0.25, 0.3) is 0 Å². The Morgan fingerprint density at radius 1 is 0.413 bits per heavy atom. The fourth-order valence-corrected chi connectivity index (χ4v) is 5.74. The Bertz CT molecular complexity index is 691. The SMILES string of the molecule is CCCCCCCCCCCCC(=O)O[C@H](COC(=O)CCCCCCCCC)COC(=O)CCCCCCCCCCC(C)C. The van der Waals surface area contributed by atoms with Crippen molar-refractivity contribution < 1.29 is 28.6 Å². The summed E-state index contributed by atoms with van der Waals surface area (Å²) in [4.78, 5) is 37.3. The number of ether oxygens (including phenoxy) is 3. The number of hydrogen-bond donors (Lipinski definition) is 0. The van der Waals surface area contributed by atoms with E-state index < -0.39 is 6.10 Å². The van der Waals surface area contributed by atoms with E-state index in [1.54, 1.807) is 0 Å². The molecule has 0 unspecified atom stereocenters. The van der Waals surface area contributed by atoms with Gasteiger partial charge in [-0.15, -0.1) is 0 Å². The fourth-order valence-electron chi connectivity index (χ4n) is 5.74. The molecule has 0 aliphatic carbocycles. The predicted molar refractivity (Wildman–Crippen MR) is 192 cm³/mol. The second-order valence-corrected chi connectivity index (χ2v) is 14.0. The van der Waals surface area contributed by atoms with Crippen LogP contribution in [0.1, 0.15) is 214 Å². The van der Waals surface area contributed by atoms with E-state index in [9.17, 15) is 14.4 Å². The van der Waals surface area contributed by atoms with Crippen molar-refractivity contribution in [3.05, 3.63) is 0 Å². The van der Waals surface area contributed by atoms with Crippen molar-refractivity contribution in [2.75, 3.05) is 13.2 Å². The van der Waals surface area contributed by atoms with Gasteiger partial charge in [0, 0.05) is 19.3 Å². The molecular weight excluding hydrogens is 576 g/mol. The van der Waals surface area contributed by atoms with Gasteiger partial charge in [0.1, 0.15) is 13.2 Å². The van der Waals surface area contributed by atoms with Crippen LogP contribution in [0.5, 0.6) is 0 Å². The highest BCUT2D eigenvalue weighted by Crippen LogP contribution is 2.15. The second-order valence-electron chi connectivity index (χ2n) is 14.0. The molecular formula is C40H76O6. The van der Waals surface area contributed by atoms with E-state index in [0.29, 0.717) is 19.3 Å². The summed E-state index contributed by atoms with van der Waals surface area (Å²) < 4.78 is 16.6. The van der Waals surface area contributed by atoms with Crippen molar-refractivity contribution in [2.24, 2.45) is 5.92 Å². The Morgan fingerprint density at radius 2 is 0.717 bits per heavy atom. The monoisotopic (exact) mass is 653 g/mol. The van der Waals surface area contributed by atoms with E-state index in [0.717, 1.165) is 63.7 Å². The zero-order valence-electron chi connectivity index (χ0n) is 31.0. The van der Waals surface area contributed by atoms with E-state index in [-0.39, 0.29) is 31.1 Å². The molecule has 0 aromatic heterocycles. The molecule has 0 spiro atoms. The van der Waals surface area contributed by atoms with Gasteiger partial charge in [0.05, 0.1) is 0 Å². The van der Waals surface area contributed by atoms with Crippen molar-refractivity contribution in [1.29, 1.82) is 0 Å². The number of rotatable bonds is 35. The van der Waals surface area contributed by atoms with Crippen LogP contribution < -0.4 is 0 Å². The summed E-state index contributed by atoms with van der Waals surface area (Å²) in [6, 6.07) is 0. The molecule has 6 heteroatoms. The maximum atomic E-state index is 12.6. The summed E-state index contributed by atoms with van der Waals surface area (Å²) >= 11 is 0. The highest BCUT2D eigenvalue weighted by molar-refractivity contribution is 5.71. The first kappa shape index (κ1) is 44.4. The maximum absolute atomic E-state index is 12.6. The molecule has 0 aliphatic rings. The molecule has 272 valence electrons. The largest absolute Gasteiger partial charge is 0.462 e. The van der Waals surface area contributed by atoms with Crippen molar-refractivity contribution in [1.82, 2.24) is 0 Å². The highest BCUT2D eigenvalue weighted by atomic mass is 16.6. The fraction of sp³-hybridized carbons (Fsp3) is 0.925. The van der Waals surface area contributed by atoms with E-state index in [1.165, 1.54) is 109 Å². The number of unbranched alkanes of at least 4 members (excludes halogenated alkanes) is 22. The molecule has 0 heterocycles. The van der Waals surface area contributed by atoms with Crippen LogP contribution >= 0.6 is 0 Å². The maximum Gasteiger partial charge on any atom is 0.306 e. The third-order valence-electron chi connectivity index (χ3n) is 8.79. The molecule has 0 aliphatic heterocycles. The van der Waals surface area contributed by atoms with Crippen molar-refractivity contribution in [2.45, 2.75) is 220 Å². The number of hydrogen-bond acceptors (Lipinski definition) is 6. The number of carbonyl (C=O) groups is 3. The average Bonchev–Trinajstić information content (AvgIpc) is 3.03. The summed E-state index contributed by atoms with van der Waals surface area (Å²) in [6.07, 6.45) is 31.0. The van der Waals surface area contributed by atoms with Gasteiger partial charge in [-0.2, -0.15) is 0 Å². The summed E-state index contributed by atoms with van der Waals surface area (Å²) in [6.45, 7) is 8.88. The average molecular weight is 653 g/mol. The van der Waals surface area contributed by atoms with Gasteiger partial charge in [-0.25, -0.2) is 0 Å². The number of carbonyl (C=O) groups excluding carboxylic acids is 3. The first-order valence-electron chi connectivity index (χ1n) is 19.9. The first-order valence-corrected chi connectivity index (χ1v) is 19.9. The molecule has 0 saturated heterocycles. The van der Waals surface area contributed by atoms with E-state index in [4.69, 9.17) is 14.2 Å². The van der Waals surface area contributed by atoms with Crippen LogP contribution in [0.3, 0.4) is 0 Å². The number of esters is 3. The van der Waals surface area contributed by atoms with Crippen LogP contribution in [0.15, 0.2) is 0 Å². The smallest absolute Gasteiger partial charge is 0.306 e. The van der Waals surface area contributed by atoms with Crippen LogP contribution in [0, 0.1) is 5.92 Å². The highest BCUT2D eigenvalue weighted by Gasteiger charge is 2.19. The third-order valence-corrected chi connectivity index (χ3v) is 8.79. The van der Waals surface area contributed by atoms with Gasteiger partial charge in [-0.1, -0.05) is 175 Å². The van der Waals surface area contributed by atoms with Gasteiger partial charge >= 0.3 is 17.9 Å². The summed E-state index contributed by atoms with van der Waals surface area (Å²) in [7, 11) is 0. The van der Waals surface area contributed by atoms with Crippen LogP contribution in [-0.2, 0) is 28.6 Å². The van der Waals surface area contributed by atoms with Crippen molar-refractivity contribution >= 4 is 17.9 Å². The molecule has 0 radical (unpaired) electrons. The minimum Gasteiger partial charge on any atom is -0.462 e. The minimum atomic E-state index is -0.756. The molecule has 0 rings (SSSR count). The molecule has 0 saturated carbocycles. The van der Waals surface area contributed by atoms with E-state index >= 15 is 0 Å². The summed E-state index contributed by atoms with van der Waals surface area (Å²) in [5, 5.41) is 0. The topological polar surface area (TPSA) is 78.9 Å². The van der Waals surface area contributed by atoms with Gasteiger partial charge in [0.15, 0.2) is 6.10 Å². The lowest BCUT2D eigenvalue weighted by atomic mass is 10.0. The Labute approximate surface area is 285 Å². The van der Waals surface area contributed by atoms with Gasteiger partial charge in [-0.3, -0.25) is 14.4 Å². The van der Waals surface area contributed by atoms with Gasteiger partial charge < -0.3 is 14.2 Å². The Morgan fingerprint density at radius 3 is 1.07 bits per heavy atom. The van der Waals surface area contributed by atoms with E-state index in [2.05, 4.69) is 27.7 Å². The zero-order chi connectivity index (χ0) is 33.9. The molecule has 46 heavy (non-hydrogen) atoms. The lowest BCUT2D eigenvalue weighted by molar-refractivity contribution is -0.167. The van der Waals surface area contributed by atoms with Crippen molar-refractivity contribution in [3.8, 4) is 0 Å². The molecule has 1 atom stereocenters. The Kier molecular flexibility index (Phi) is 33.5.